The minimum atomic E-state index is -0.0389. The van der Waals surface area contributed by atoms with Gasteiger partial charge in [0, 0.05) is 39.8 Å². The molecular formula is C21H31N3O3. The van der Waals surface area contributed by atoms with Crippen LogP contribution in [-0.2, 0) is 4.79 Å². The van der Waals surface area contributed by atoms with Gasteiger partial charge >= 0.3 is 0 Å². The molecule has 1 heterocycles. The zero-order valence-electron chi connectivity index (χ0n) is 16.9. The zero-order chi connectivity index (χ0) is 19.6. The van der Waals surface area contributed by atoms with Crippen LogP contribution in [-0.4, -0.2) is 68.5 Å². The fraction of sp³-hybridized carbons (Fsp3) is 0.619. The van der Waals surface area contributed by atoms with Crippen LogP contribution in [0.15, 0.2) is 18.2 Å². The maximum atomic E-state index is 12.9. The Balaban J connectivity index is 1.71. The summed E-state index contributed by atoms with van der Waals surface area (Å²) in [6, 6.07) is 5.48. The summed E-state index contributed by atoms with van der Waals surface area (Å²) in [5.41, 5.74) is 1.50. The molecule has 3 rings (SSSR count). The molecule has 0 bridgehead atoms. The van der Waals surface area contributed by atoms with Crippen molar-refractivity contribution in [1.29, 1.82) is 0 Å². The number of carbonyl (C=O) groups is 2. The number of likely N-dealkylation sites (N-methyl/N-ethyl adjacent to an activating group) is 1. The SMILES string of the molecule is CCCN(CC1CC1)C(=O)CC1COc2ccc(C(=O)N(C)C)cc2N1C. The minimum absolute atomic E-state index is 0.0201. The maximum absolute atomic E-state index is 12.9. The number of nitrogens with zero attached hydrogens (tertiary/aromatic N) is 3. The van der Waals surface area contributed by atoms with Crippen LogP contribution in [0.3, 0.4) is 0 Å². The molecule has 1 unspecified atom stereocenters. The lowest BCUT2D eigenvalue weighted by atomic mass is 10.1. The van der Waals surface area contributed by atoms with Crippen LogP contribution >= 0.6 is 0 Å². The van der Waals surface area contributed by atoms with Crippen LogP contribution in [0.5, 0.6) is 5.75 Å². The molecule has 1 aromatic carbocycles. The van der Waals surface area contributed by atoms with Gasteiger partial charge in [0.2, 0.25) is 5.91 Å². The number of rotatable bonds is 7. The van der Waals surface area contributed by atoms with E-state index >= 15 is 0 Å². The van der Waals surface area contributed by atoms with Crippen LogP contribution in [0.4, 0.5) is 5.69 Å². The van der Waals surface area contributed by atoms with Gasteiger partial charge in [0.15, 0.2) is 0 Å². The summed E-state index contributed by atoms with van der Waals surface area (Å²) in [7, 11) is 5.46. The number of benzene rings is 1. The largest absolute Gasteiger partial charge is 0.489 e. The molecule has 6 heteroatoms. The Labute approximate surface area is 162 Å². The Morgan fingerprint density at radius 2 is 2.00 bits per heavy atom. The molecule has 0 spiro atoms. The molecule has 1 aliphatic heterocycles. The number of hydrogen-bond acceptors (Lipinski definition) is 4. The Hall–Kier alpha value is -2.24. The summed E-state index contributed by atoms with van der Waals surface area (Å²) in [6.45, 7) is 4.31. The van der Waals surface area contributed by atoms with Crippen LogP contribution < -0.4 is 9.64 Å². The first-order chi connectivity index (χ1) is 12.9. The summed E-state index contributed by atoms with van der Waals surface area (Å²) in [5, 5.41) is 0. The first kappa shape index (κ1) is 19.5. The third kappa shape index (κ3) is 4.54. The first-order valence-electron chi connectivity index (χ1n) is 9.89. The van der Waals surface area contributed by atoms with Crippen molar-refractivity contribution in [2.45, 2.75) is 38.6 Å². The number of anilines is 1. The smallest absolute Gasteiger partial charge is 0.253 e. The highest BCUT2D eigenvalue weighted by Gasteiger charge is 2.31. The molecule has 27 heavy (non-hydrogen) atoms. The number of ether oxygens (including phenoxy) is 1. The summed E-state index contributed by atoms with van der Waals surface area (Å²) in [4.78, 5) is 30.8. The van der Waals surface area contributed by atoms with E-state index in [2.05, 4.69) is 11.8 Å². The maximum Gasteiger partial charge on any atom is 0.253 e. The molecule has 0 N–H and O–H groups in total. The van der Waals surface area contributed by atoms with Gasteiger partial charge in [0.05, 0.1) is 18.2 Å². The van der Waals surface area contributed by atoms with Crippen LogP contribution in [0.1, 0.15) is 43.0 Å². The Morgan fingerprint density at radius 3 is 2.63 bits per heavy atom. The van der Waals surface area contributed by atoms with E-state index in [1.165, 1.54) is 12.8 Å². The van der Waals surface area contributed by atoms with Crippen molar-refractivity contribution >= 4 is 17.5 Å². The second-order valence-electron chi connectivity index (χ2n) is 7.95. The molecule has 2 amide bonds. The Kier molecular flexibility index (Phi) is 5.92. The van der Waals surface area contributed by atoms with Gasteiger partial charge in [-0.05, 0) is 43.4 Å². The van der Waals surface area contributed by atoms with E-state index in [1.54, 1.807) is 25.1 Å². The second-order valence-corrected chi connectivity index (χ2v) is 7.95. The lowest BCUT2D eigenvalue weighted by molar-refractivity contribution is -0.132. The van der Waals surface area contributed by atoms with Crippen molar-refractivity contribution < 1.29 is 14.3 Å². The minimum Gasteiger partial charge on any atom is -0.489 e. The first-order valence-corrected chi connectivity index (χ1v) is 9.89. The molecule has 1 fully saturated rings. The van der Waals surface area contributed by atoms with Gasteiger partial charge in [0.25, 0.3) is 5.91 Å². The predicted octanol–water partition coefficient (Wildman–Crippen LogP) is 2.62. The topological polar surface area (TPSA) is 53.1 Å². The average molecular weight is 373 g/mol. The molecular weight excluding hydrogens is 342 g/mol. The molecule has 2 aliphatic rings. The van der Waals surface area contributed by atoms with Crippen LogP contribution in [0.25, 0.3) is 0 Å². The quantitative estimate of drug-likeness (QED) is 0.737. The summed E-state index contributed by atoms with van der Waals surface area (Å²) in [6.07, 6.45) is 3.91. The molecule has 1 aliphatic carbocycles. The van der Waals surface area contributed by atoms with E-state index in [9.17, 15) is 9.59 Å². The van der Waals surface area contributed by atoms with Crippen molar-refractivity contribution in [1.82, 2.24) is 9.80 Å². The molecule has 6 nitrogen and oxygen atoms in total. The fourth-order valence-corrected chi connectivity index (χ4v) is 3.53. The van der Waals surface area contributed by atoms with Crippen molar-refractivity contribution in [3.63, 3.8) is 0 Å². The lowest BCUT2D eigenvalue weighted by Crippen LogP contribution is -2.45. The van der Waals surface area contributed by atoms with E-state index in [1.807, 2.05) is 24.1 Å². The number of hydrogen-bond donors (Lipinski definition) is 0. The highest BCUT2D eigenvalue weighted by Crippen LogP contribution is 2.35. The van der Waals surface area contributed by atoms with Gasteiger partial charge in [-0.1, -0.05) is 6.92 Å². The van der Waals surface area contributed by atoms with E-state index < -0.39 is 0 Å². The third-order valence-corrected chi connectivity index (χ3v) is 5.40. The highest BCUT2D eigenvalue weighted by molar-refractivity contribution is 5.95. The van der Waals surface area contributed by atoms with Gasteiger partial charge in [-0.3, -0.25) is 9.59 Å². The Bertz CT molecular complexity index is 700. The number of carbonyl (C=O) groups excluding carboxylic acids is 2. The van der Waals surface area contributed by atoms with Gasteiger partial charge in [-0.2, -0.15) is 0 Å². The fourth-order valence-electron chi connectivity index (χ4n) is 3.53. The van der Waals surface area contributed by atoms with Crippen molar-refractivity contribution in [2.75, 3.05) is 45.7 Å². The summed E-state index contributed by atoms with van der Waals surface area (Å²) >= 11 is 0. The van der Waals surface area contributed by atoms with Crippen molar-refractivity contribution in [2.24, 2.45) is 5.92 Å². The van der Waals surface area contributed by atoms with E-state index in [4.69, 9.17) is 4.74 Å². The molecule has 1 aromatic rings. The molecule has 148 valence electrons. The van der Waals surface area contributed by atoms with Gasteiger partial charge < -0.3 is 19.4 Å². The molecule has 0 radical (unpaired) electrons. The highest BCUT2D eigenvalue weighted by atomic mass is 16.5. The number of fused-ring (bicyclic) bond motifs is 1. The normalized spacial score (nSPS) is 18.5. The van der Waals surface area contributed by atoms with Gasteiger partial charge in [0.1, 0.15) is 12.4 Å². The number of amides is 2. The molecule has 1 atom stereocenters. The van der Waals surface area contributed by atoms with Crippen molar-refractivity contribution in [3.05, 3.63) is 23.8 Å². The molecule has 0 aromatic heterocycles. The Morgan fingerprint density at radius 1 is 1.26 bits per heavy atom. The van der Waals surface area contributed by atoms with E-state index in [-0.39, 0.29) is 17.9 Å². The van der Waals surface area contributed by atoms with E-state index in [0.717, 1.165) is 30.9 Å². The lowest BCUT2D eigenvalue weighted by Gasteiger charge is -2.37. The summed E-state index contributed by atoms with van der Waals surface area (Å²) < 4.78 is 5.90. The van der Waals surface area contributed by atoms with Crippen molar-refractivity contribution in [3.8, 4) is 5.75 Å². The third-order valence-electron chi connectivity index (χ3n) is 5.40. The predicted molar refractivity (Wildman–Crippen MR) is 106 cm³/mol. The molecule has 0 saturated heterocycles. The second kappa shape index (κ2) is 8.19. The molecule has 1 saturated carbocycles. The zero-order valence-corrected chi connectivity index (χ0v) is 16.9. The van der Waals surface area contributed by atoms with E-state index in [0.29, 0.717) is 24.5 Å². The standard InChI is InChI=1S/C21H31N3O3/c1-5-10-24(13-15-6-7-15)20(25)12-17-14-27-19-9-8-16(21(26)22(2)3)11-18(19)23(17)4/h8-9,11,15,17H,5-7,10,12-14H2,1-4H3. The van der Waals surface area contributed by atoms with Crippen LogP contribution in [0, 0.1) is 5.92 Å². The average Bonchev–Trinajstić information content (AvgIpc) is 3.47. The summed E-state index contributed by atoms with van der Waals surface area (Å²) in [5.74, 6) is 1.62. The van der Waals surface area contributed by atoms with Gasteiger partial charge in [-0.25, -0.2) is 0 Å². The van der Waals surface area contributed by atoms with Crippen LogP contribution in [0.2, 0.25) is 0 Å². The monoisotopic (exact) mass is 373 g/mol. The van der Waals surface area contributed by atoms with Gasteiger partial charge in [-0.15, -0.1) is 0 Å².